The van der Waals surface area contributed by atoms with Gasteiger partial charge in [0.1, 0.15) is 0 Å². The molecule has 1 saturated carbocycles. The molecule has 4 rings (SSSR count). The number of hydrogen-bond acceptors (Lipinski definition) is 5. The average molecular weight is 341 g/mol. The topological polar surface area (TPSA) is 64.7 Å². The van der Waals surface area contributed by atoms with Crippen molar-refractivity contribution in [3.8, 4) is 11.6 Å². The lowest BCUT2D eigenvalue weighted by Gasteiger charge is -2.34. The molecule has 0 radical (unpaired) electrons. The van der Waals surface area contributed by atoms with Crippen molar-refractivity contribution in [3.63, 3.8) is 0 Å². The van der Waals surface area contributed by atoms with Gasteiger partial charge >= 0.3 is 0 Å². The summed E-state index contributed by atoms with van der Waals surface area (Å²) < 4.78 is 5.36. The third kappa shape index (κ3) is 3.04. The Bertz CT molecular complexity index is 843. The normalized spacial score (nSPS) is 19.9. The summed E-state index contributed by atoms with van der Waals surface area (Å²) in [5.74, 6) is 2.77. The maximum Gasteiger partial charge on any atom is 0.240 e. The predicted octanol–water partition coefficient (Wildman–Crippen LogP) is 4.22. The first kappa shape index (κ1) is 15.3. The lowest BCUT2D eigenvalue weighted by Crippen LogP contribution is -2.23. The Labute approximate surface area is 145 Å². The van der Waals surface area contributed by atoms with Crippen LogP contribution in [0, 0.1) is 12.8 Å². The van der Waals surface area contributed by atoms with Crippen molar-refractivity contribution in [3.05, 3.63) is 58.7 Å². The third-order valence-electron chi connectivity index (χ3n) is 4.56. The van der Waals surface area contributed by atoms with Crippen LogP contribution in [0.5, 0.6) is 0 Å². The van der Waals surface area contributed by atoms with Crippen LogP contribution >= 0.6 is 11.6 Å². The molecule has 2 heterocycles. The van der Waals surface area contributed by atoms with Crippen LogP contribution in [0.4, 0.5) is 0 Å². The second-order valence-electron chi connectivity index (χ2n) is 6.29. The molecule has 24 heavy (non-hydrogen) atoms. The number of nitrogens with zero attached hydrogens (tertiary/aromatic N) is 4. The maximum atomic E-state index is 5.94. The van der Waals surface area contributed by atoms with Crippen LogP contribution in [0.3, 0.4) is 0 Å². The van der Waals surface area contributed by atoms with Gasteiger partial charge in [0.05, 0.1) is 10.7 Å². The molecule has 5 nitrogen and oxygen atoms in total. The molecular formula is C18H17ClN4O. The van der Waals surface area contributed by atoms with Gasteiger partial charge in [0, 0.05) is 12.6 Å². The summed E-state index contributed by atoms with van der Waals surface area (Å²) in [4.78, 5) is 12.9. The summed E-state index contributed by atoms with van der Waals surface area (Å²) in [7, 11) is 0. The van der Waals surface area contributed by atoms with E-state index >= 15 is 0 Å². The highest BCUT2D eigenvalue weighted by Crippen LogP contribution is 2.42. The molecule has 0 aliphatic heterocycles. The minimum absolute atomic E-state index is 0.420. The summed E-state index contributed by atoms with van der Waals surface area (Å²) in [6.07, 6.45) is 4.70. The first-order valence-electron chi connectivity index (χ1n) is 8.06. The summed E-state index contributed by atoms with van der Waals surface area (Å²) in [5, 5.41) is 4.52. The van der Waals surface area contributed by atoms with E-state index in [4.69, 9.17) is 16.1 Å². The van der Waals surface area contributed by atoms with Crippen LogP contribution in [0.25, 0.3) is 11.6 Å². The van der Waals surface area contributed by atoms with E-state index in [0.29, 0.717) is 40.1 Å². The minimum atomic E-state index is 0.420. The SMILES string of the molecule is Cc1nc(-c2noc(CC3CC(c4ccccc4)C3)n2)ncc1Cl. The number of hydrogen-bond donors (Lipinski definition) is 0. The first-order chi connectivity index (χ1) is 11.7. The van der Waals surface area contributed by atoms with Gasteiger partial charge in [0.25, 0.3) is 0 Å². The molecule has 1 fully saturated rings. The monoisotopic (exact) mass is 340 g/mol. The van der Waals surface area contributed by atoms with Crippen LogP contribution in [-0.2, 0) is 6.42 Å². The van der Waals surface area contributed by atoms with E-state index in [1.807, 2.05) is 6.92 Å². The molecule has 2 aromatic heterocycles. The van der Waals surface area contributed by atoms with Gasteiger partial charge in [-0.15, -0.1) is 0 Å². The molecule has 1 aliphatic rings. The van der Waals surface area contributed by atoms with Crippen molar-refractivity contribution in [2.24, 2.45) is 5.92 Å². The van der Waals surface area contributed by atoms with Crippen LogP contribution in [0.15, 0.2) is 41.1 Å². The number of aryl methyl sites for hydroxylation is 1. The molecule has 0 unspecified atom stereocenters. The van der Waals surface area contributed by atoms with E-state index in [1.54, 1.807) is 6.20 Å². The quantitative estimate of drug-likeness (QED) is 0.711. The highest BCUT2D eigenvalue weighted by atomic mass is 35.5. The molecule has 0 saturated heterocycles. The van der Waals surface area contributed by atoms with Gasteiger partial charge in [-0.2, -0.15) is 4.98 Å². The molecule has 0 atom stereocenters. The Balaban J connectivity index is 1.39. The van der Waals surface area contributed by atoms with Crippen molar-refractivity contribution in [2.45, 2.75) is 32.1 Å². The molecule has 0 spiro atoms. The van der Waals surface area contributed by atoms with Gasteiger partial charge in [0.2, 0.25) is 17.5 Å². The summed E-state index contributed by atoms with van der Waals surface area (Å²) in [5.41, 5.74) is 2.13. The standard InChI is InChI=1S/C18H17ClN4O/c1-11-15(19)10-20-17(21-11)18-22-16(24-23-18)9-12-7-14(8-12)13-5-3-2-4-6-13/h2-6,10,12,14H,7-9H2,1H3. The van der Waals surface area contributed by atoms with Crippen LogP contribution in [0.1, 0.15) is 35.9 Å². The molecule has 0 amide bonds. The van der Waals surface area contributed by atoms with E-state index in [2.05, 4.69) is 50.4 Å². The van der Waals surface area contributed by atoms with Gasteiger partial charge in [-0.1, -0.05) is 47.1 Å². The second kappa shape index (κ2) is 6.32. The second-order valence-corrected chi connectivity index (χ2v) is 6.70. The van der Waals surface area contributed by atoms with E-state index in [9.17, 15) is 0 Å². The van der Waals surface area contributed by atoms with E-state index in [-0.39, 0.29) is 0 Å². The van der Waals surface area contributed by atoms with Crippen LogP contribution in [-0.4, -0.2) is 20.1 Å². The lowest BCUT2D eigenvalue weighted by atomic mass is 9.70. The Kier molecular flexibility index (Phi) is 4.02. The molecule has 1 aliphatic carbocycles. The molecule has 0 bridgehead atoms. The molecule has 0 N–H and O–H groups in total. The number of halogens is 1. The third-order valence-corrected chi connectivity index (χ3v) is 4.93. The van der Waals surface area contributed by atoms with Gasteiger partial charge in [-0.25, -0.2) is 9.97 Å². The summed E-state index contributed by atoms with van der Waals surface area (Å²) >= 11 is 5.94. The molecule has 6 heteroatoms. The highest BCUT2D eigenvalue weighted by molar-refractivity contribution is 6.31. The number of aromatic nitrogens is 4. The van der Waals surface area contributed by atoms with Crippen molar-refractivity contribution < 1.29 is 4.52 Å². The van der Waals surface area contributed by atoms with Crippen molar-refractivity contribution >= 4 is 11.6 Å². The van der Waals surface area contributed by atoms with E-state index in [0.717, 1.165) is 19.3 Å². The van der Waals surface area contributed by atoms with Crippen molar-refractivity contribution in [2.75, 3.05) is 0 Å². The zero-order chi connectivity index (χ0) is 16.5. The van der Waals surface area contributed by atoms with Crippen molar-refractivity contribution in [1.29, 1.82) is 0 Å². The minimum Gasteiger partial charge on any atom is -0.339 e. The van der Waals surface area contributed by atoms with E-state index in [1.165, 1.54) is 5.56 Å². The highest BCUT2D eigenvalue weighted by Gasteiger charge is 2.31. The smallest absolute Gasteiger partial charge is 0.240 e. The van der Waals surface area contributed by atoms with Gasteiger partial charge in [-0.05, 0) is 37.2 Å². The fraction of sp³-hybridized carbons (Fsp3) is 0.333. The zero-order valence-corrected chi connectivity index (χ0v) is 14.1. The predicted molar refractivity (Wildman–Crippen MR) is 90.7 cm³/mol. The van der Waals surface area contributed by atoms with E-state index < -0.39 is 0 Å². The van der Waals surface area contributed by atoms with Gasteiger partial charge in [0.15, 0.2) is 0 Å². The lowest BCUT2D eigenvalue weighted by molar-refractivity contribution is 0.237. The number of benzene rings is 1. The fourth-order valence-electron chi connectivity index (χ4n) is 3.14. The summed E-state index contributed by atoms with van der Waals surface area (Å²) in [6, 6.07) is 10.7. The largest absolute Gasteiger partial charge is 0.339 e. The Hall–Kier alpha value is -2.27. The average Bonchev–Trinajstić information content (AvgIpc) is 3.02. The summed E-state index contributed by atoms with van der Waals surface area (Å²) in [6.45, 7) is 1.83. The van der Waals surface area contributed by atoms with Crippen molar-refractivity contribution in [1.82, 2.24) is 20.1 Å². The molecule has 3 aromatic rings. The maximum absolute atomic E-state index is 5.94. The van der Waals surface area contributed by atoms with Crippen LogP contribution < -0.4 is 0 Å². The molecule has 122 valence electrons. The van der Waals surface area contributed by atoms with Gasteiger partial charge in [-0.3, -0.25) is 0 Å². The fourth-order valence-corrected chi connectivity index (χ4v) is 3.23. The zero-order valence-electron chi connectivity index (χ0n) is 13.3. The molecular weight excluding hydrogens is 324 g/mol. The van der Waals surface area contributed by atoms with Crippen LogP contribution in [0.2, 0.25) is 5.02 Å². The Morgan fingerprint density at radius 2 is 1.92 bits per heavy atom. The molecule has 1 aromatic carbocycles. The Morgan fingerprint density at radius 3 is 2.67 bits per heavy atom. The Morgan fingerprint density at radius 1 is 1.12 bits per heavy atom. The first-order valence-corrected chi connectivity index (χ1v) is 8.44. The van der Waals surface area contributed by atoms with Gasteiger partial charge < -0.3 is 4.52 Å². The number of rotatable bonds is 4.